The Morgan fingerprint density at radius 2 is 1.78 bits per heavy atom. The Balaban J connectivity index is 1.55. The Morgan fingerprint density at radius 1 is 1.04 bits per heavy atom. The highest BCUT2D eigenvalue weighted by molar-refractivity contribution is 7.17. The third kappa shape index (κ3) is 3.78. The van der Waals surface area contributed by atoms with E-state index in [0.717, 1.165) is 21.8 Å². The number of thiazole rings is 2. The molecule has 1 N–H and O–H groups in total. The van der Waals surface area contributed by atoms with Crippen molar-refractivity contribution in [1.82, 2.24) is 9.97 Å². The number of nitrogens with one attached hydrogen (secondary N) is 1. The minimum absolute atomic E-state index is 0.202. The first-order valence-corrected chi connectivity index (χ1v) is 10.2. The molecule has 4 rings (SSSR count). The van der Waals surface area contributed by atoms with Gasteiger partial charge in [-0.3, -0.25) is 10.1 Å². The maximum Gasteiger partial charge on any atom is 0.269 e. The van der Waals surface area contributed by atoms with Crippen LogP contribution in [0.15, 0.2) is 60.0 Å². The van der Waals surface area contributed by atoms with Gasteiger partial charge in [-0.05, 0) is 13.0 Å². The Bertz CT molecular complexity index is 1110. The summed E-state index contributed by atoms with van der Waals surface area (Å²) >= 11 is 8.97. The second-order valence-electron chi connectivity index (χ2n) is 5.77. The van der Waals surface area contributed by atoms with Crippen LogP contribution in [-0.4, -0.2) is 15.9 Å². The third-order valence-electron chi connectivity index (χ3n) is 3.90. The Hall–Kier alpha value is -2.54. The highest BCUT2D eigenvalue weighted by Crippen LogP contribution is 2.32. The number of aromatic nitrogens is 2. The first kappa shape index (κ1) is 17.9. The molecular weight excluding hydrogens is 398 g/mol. The molecule has 0 aliphatic heterocycles. The van der Waals surface area contributed by atoms with Gasteiger partial charge in [0.2, 0.25) is 0 Å². The molecule has 0 radical (unpaired) electrons. The third-order valence-corrected chi connectivity index (χ3v) is 6.19. The van der Waals surface area contributed by atoms with Crippen molar-refractivity contribution in [2.75, 3.05) is 5.32 Å². The van der Waals surface area contributed by atoms with Crippen molar-refractivity contribution in [2.24, 2.45) is 0 Å². The number of hydrogen-bond donors (Lipinski definition) is 1. The van der Waals surface area contributed by atoms with Crippen molar-refractivity contribution in [2.45, 2.75) is 6.92 Å². The van der Waals surface area contributed by atoms with Crippen molar-refractivity contribution in [3.8, 4) is 21.8 Å². The fraction of sp³-hybridized carbons (Fsp3) is 0.0500. The predicted octanol–water partition coefficient (Wildman–Crippen LogP) is 6.15. The molecule has 1 amide bonds. The molecule has 0 spiro atoms. The lowest BCUT2D eigenvalue weighted by Crippen LogP contribution is -2.11. The molecule has 4 aromatic rings. The van der Waals surface area contributed by atoms with Crippen molar-refractivity contribution in [1.29, 1.82) is 0 Å². The molecule has 0 aliphatic carbocycles. The van der Waals surface area contributed by atoms with E-state index >= 15 is 0 Å². The molecule has 0 aliphatic rings. The second-order valence-corrected chi connectivity index (χ2v) is 8.04. The number of amides is 1. The number of hydrogen-bond acceptors (Lipinski definition) is 5. The van der Waals surface area contributed by atoms with Gasteiger partial charge in [0.25, 0.3) is 5.91 Å². The summed E-state index contributed by atoms with van der Waals surface area (Å²) in [5.74, 6) is -0.202. The summed E-state index contributed by atoms with van der Waals surface area (Å²) < 4.78 is 0. The van der Waals surface area contributed by atoms with E-state index in [1.165, 1.54) is 22.7 Å². The second kappa shape index (κ2) is 7.60. The molecular formula is C20H14ClN3OS2. The summed E-state index contributed by atoms with van der Waals surface area (Å²) in [7, 11) is 0. The van der Waals surface area contributed by atoms with Crippen LogP contribution in [0.1, 0.15) is 15.4 Å². The number of carbonyl (C=O) groups is 1. The Labute approximate surface area is 169 Å². The smallest absolute Gasteiger partial charge is 0.269 e. The lowest BCUT2D eigenvalue weighted by atomic mass is 10.2. The number of benzene rings is 2. The van der Waals surface area contributed by atoms with Gasteiger partial charge in [-0.1, -0.05) is 60.1 Å². The number of halogens is 1. The van der Waals surface area contributed by atoms with Gasteiger partial charge >= 0.3 is 0 Å². The zero-order valence-corrected chi connectivity index (χ0v) is 16.7. The van der Waals surface area contributed by atoms with Gasteiger partial charge in [0.05, 0.1) is 11.4 Å². The van der Waals surface area contributed by atoms with Gasteiger partial charge < -0.3 is 0 Å². The molecule has 0 fully saturated rings. The quantitative estimate of drug-likeness (QED) is 0.438. The number of rotatable bonds is 4. The fourth-order valence-electron chi connectivity index (χ4n) is 2.59. The molecule has 27 heavy (non-hydrogen) atoms. The first-order chi connectivity index (χ1) is 13.1. The molecule has 0 atom stereocenters. The molecule has 2 aromatic heterocycles. The van der Waals surface area contributed by atoms with E-state index in [1.807, 2.05) is 66.9 Å². The van der Waals surface area contributed by atoms with Crippen molar-refractivity contribution in [3.05, 3.63) is 75.6 Å². The normalized spacial score (nSPS) is 10.7. The monoisotopic (exact) mass is 411 g/mol. The maximum atomic E-state index is 12.7. The van der Waals surface area contributed by atoms with Crippen molar-refractivity contribution >= 4 is 45.3 Å². The summed E-state index contributed by atoms with van der Waals surface area (Å²) in [5.41, 5.74) is 3.29. The molecule has 4 nitrogen and oxygen atoms in total. The van der Waals surface area contributed by atoms with Crippen LogP contribution in [0.25, 0.3) is 21.8 Å². The fourth-order valence-corrected chi connectivity index (χ4v) is 4.49. The molecule has 0 bridgehead atoms. The van der Waals surface area contributed by atoms with Crippen molar-refractivity contribution < 1.29 is 4.79 Å². The van der Waals surface area contributed by atoms with Crippen molar-refractivity contribution in [3.63, 3.8) is 0 Å². The van der Waals surface area contributed by atoms with Crippen LogP contribution in [0.2, 0.25) is 5.02 Å². The van der Waals surface area contributed by atoms with E-state index in [2.05, 4.69) is 15.3 Å². The first-order valence-electron chi connectivity index (χ1n) is 8.16. The molecule has 134 valence electrons. The lowest BCUT2D eigenvalue weighted by Gasteiger charge is -2.00. The number of nitrogens with zero attached hydrogens (tertiary/aromatic N) is 2. The van der Waals surface area contributed by atoms with Crippen LogP contribution in [0.3, 0.4) is 0 Å². The van der Waals surface area contributed by atoms with Gasteiger partial charge in [-0.2, -0.15) is 0 Å². The van der Waals surface area contributed by atoms with Crippen LogP contribution in [0, 0.1) is 6.92 Å². The number of aryl methyl sites for hydroxylation is 1. The van der Waals surface area contributed by atoms with E-state index in [-0.39, 0.29) is 5.91 Å². The minimum Gasteiger partial charge on any atom is -0.297 e. The zero-order valence-electron chi connectivity index (χ0n) is 14.3. The van der Waals surface area contributed by atoms with Crippen LogP contribution in [0.5, 0.6) is 0 Å². The molecule has 0 saturated heterocycles. The Kier molecular flexibility index (Phi) is 5.03. The van der Waals surface area contributed by atoms with E-state index in [0.29, 0.717) is 20.7 Å². The highest BCUT2D eigenvalue weighted by atomic mass is 35.5. The van der Waals surface area contributed by atoms with Crippen LogP contribution >= 0.6 is 34.3 Å². The Morgan fingerprint density at radius 3 is 2.56 bits per heavy atom. The van der Waals surface area contributed by atoms with Gasteiger partial charge in [0, 0.05) is 21.5 Å². The van der Waals surface area contributed by atoms with Gasteiger partial charge in [-0.25, -0.2) is 9.97 Å². The van der Waals surface area contributed by atoms with Gasteiger partial charge in [-0.15, -0.1) is 22.7 Å². The maximum absolute atomic E-state index is 12.7. The molecule has 0 unspecified atom stereocenters. The standard InChI is InChI=1S/C20H14ClN3OS2/c1-12-17(27-19(22-12)13-7-3-2-4-8-13)18(25)24-20-23-16(11-26-20)14-9-5-6-10-15(14)21/h2-11H,1H3,(H,23,24,25). The summed E-state index contributed by atoms with van der Waals surface area (Å²) in [6, 6.07) is 17.3. The summed E-state index contributed by atoms with van der Waals surface area (Å²) in [4.78, 5) is 22.3. The van der Waals surface area contributed by atoms with Crippen LogP contribution in [-0.2, 0) is 0 Å². The predicted molar refractivity (Wildman–Crippen MR) is 113 cm³/mol. The number of carbonyl (C=O) groups excluding carboxylic acids is 1. The average molecular weight is 412 g/mol. The number of anilines is 1. The summed E-state index contributed by atoms with van der Waals surface area (Å²) in [5, 5.41) is 6.74. The van der Waals surface area contributed by atoms with Gasteiger partial charge in [0.1, 0.15) is 9.88 Å². The van der Waals surface area contributed by atoms with Crippen LogP contribution in [0.4, 0.5) is 5.13 Å². The highest BCUT2D eigenvalue weighted by Gasteiger charge is 2.18. The largest absolute Gasteiger partial charge is 0.297 e. The lowest BCUT2D eigenvalue weighted by molar-refractivity contribution is 0.103. The minimum atomic E-state index is -0.202. The zero-order chi connectivity index (χ0) is 18.8. The summed E-state index contributed by atoms with van der Waals surface area (Å²) in [6.07, 6.45) is 0. The molecule has 2 aromatic carbocycles. The van der Waals surface area contributed by atoms with Gasteiger partial charge in [0.15, 0.2) is 5.13 Å². The topological polar surface area (TPSA) is 54.9 Å². The van der Waals surface area contributed by atoms with E-state index in [1.54, 1.807) is 0 Å². The average Bonchev–Trinajstić information content (AvgIpc) is 3.29. The SMILES string of the molecule is Cc1nc(-c2ccccc2)sc1C(=O)Nc1nc(-c2ccccc2Cl)cs1. The molecule has 0 saturated carbocycles. The molecule has 7 heteroatoms. The molecule has 2 heterocycles. The van der Waals surface area contributed by atoms with E-state index in [4.69, 9.17) is 11.6 Å². The van der Waals surface area contributed by atoms with E-state index < -0.39 is 0 Å². The van der Waals surface area contributed by atoms with E-state index in [9.17, 15) is 4.79 Å². The van der Waals surface area contributed by atoms with Crippen LogP contribution < -0.4 is 5.32 Å². The summed E-state index contributed by atoms with van der Waals surface area (Å²) in [6.45, 7) is 1.84.